The number of aromatic nitrogens is 4. The minimum atomic E-state index is 0.741. The lowest BCUT2D eigenvalue weighted by Crippen LogP contribution is -2.07. The molecule has 3 aromatic rings. The Morgan fingerprint density at radius 3 is 2.90 bits per heavy atom. The molecule has 0 unspecified atom stereocenters. The van der Waals surface area contributed by atoms with Crippen LogP contribution in [0.2, 0.25) is 0 Å². The van der Waals surface area contributed by atoms with Gasteiger partial charge < -0.3 is 5.32 Å². The Labute approximate surface area is 127 Å². The van der Waals surface area contributed by atoms with Crippen LogP contribution >= 0.6 is 11.8 Å². The summed E-state index contributed by atoms with van der Waals surface area (Å²) in [5.74, 6) is 1.62. The molecule has 0 aliphatic rings. The van der Waals surface area contributed by atoms with Gasteiger partial charge in [0.15, 0.2) is 11.0 Å². The van der Waals surface area contributed by atoms with Crippen LogP contribution < -0.4 is 5.32 Å². The zero-order valence-electron chi connectivity index (χ0n) is 12.1. The van der Waals surface area contributed by atoms with Crippen molar-refractivity contribution >= 4 is 28.5 Å². The van der Waals surface area contributed by atoms with E-state index < -0.39 is 0 Å². The molecule has 1 N–H and O–H groups in total. The lowest BCUT2D eigenvalue weighted by atomic mass is 10.2. The van der Waals surface area contributed by atoms with E-state index in [1.54, 1.807) is 0 Å². The van der Waals surface area contributed by atoms with Crippen molar-refractivity contribution in [1.29, 1.82) is 0 Å². The molecule has 6 heteroatoms. The number of anilines is 1. The molecule has 2 aromatic heterocycles. The highest BCUT2D eigenvalue weighted by atomic mass is 32.2. The maximum absolute atomic E-state index is 4.56. The highest BCUT2D eigenvalue weighted by Gasteiger charge is 2.09. The number of hydrogen-bond donors (Lipinski definition) is 1. The van der Waals surface area contributed by atoms with Crippen molar-refractivity contribution in [3.8, 4) is 5.82 Å². The van der Waals surface area contributed by atoms with Crippen LogP contribution in [0.3, 0.4) is 0 Å². The fraction of sp³-hybridized carbons (Fsp3) is 0.267. The van der Waals surface area contributed by atoms with Crippen LogP contribution in [0.4, 0.5) is 5.82 Å². The van der Waals surface area contributed by atoms with Gasteiger partial charge in [-0.3, -0.25) is 0 Å². The second kappa shape index (κ2) is 6.13. The molecule has 21 heavy (non-hydrogen) atoms. The molecule has 0 aliphatic heterocycles. The molecule has 0 fully saturated rings. The predicted octanol–water partition coefficient (Wildman–Crippen LogP) is 3.36. The number of rotatable bonds is 5. The van der Waals surface area contributed by atoms with Gasteiger partial charge in [0.1, 0.15) is 5.82 Å². The topological polar surface area (TPSA) is 55.6 Å². The Bertz CT molecular complexity index is 753. The van der Waals surface area contributed by atoms with Gasteiger partial charge in [-0.15, -0.1) is 0 Å². The fourth-order valence-electron chi connectivity index (χ4n) is 2.11. The van der Waals surface area contributed by atoms with Crippen LogP contribution in [0.25, 0.3) is 16.7 Å². The van der Waals surface area contributed by atoms with Crippen molar-refractivity contribution < 1.29 is 0 Å². The van der Waals surface area contributed by atoms with E-state index in [1.165, 1.54) is 11.8 Å². The van der Waals surface area contributed by atoms with E-state index in [9.17, 15) is 0 Å². The summed E-state index contributed by atoms with van der Waals surface area (Å²) in [5, 5.41) is 9.61. The van der Waals surface area contributed by atoms with Gasteiger partial charge in [-0.05, 0) is 18.7 Å². The van der Waals surface area contributed by atoms with Crippen molar-refractivity contribution in [3.05, 3.63) is 36.5 Å². The lowest BCUT2D eigenvalue weighted by molar-refractivity contribution is 0.825. The first-order valence-electron chi connectivity index (χ1n) is 6.92. The Hall–Kier alpha value is -2.08. The monoisotopic (exact) mass is 299 g/mol. The quantitative estimate of drug-likeness (QED) is 0.578. The maximum Gasteiger partial charge on any atom is 0.191 e. The third-order valence-electron chi connectivity index (χ3n) is 3.13. The van der Waals surface area contributed by atoms with Gasteiger partial charge in [-0.1, -0.05) is 36.9 Å². The number of fused-ring (bicyclic) bond motifs is 1. The normalized spacial score (nSPS) is 11.0. The molecule has 5 nitrogen and oxygen atoms in total. The van der Waals surface area contributed by atoms with E-state index >= 15 is 0 Å². The molecule has 0 bridgehead atoms. The van der Waals surface area contributed by atoms with E-state index in [4.69, 9.17) is 0 Å². The molecule has 0 amide bonds. The molecule has 2 heterocycles. The average molecular weight is 299 g/mol. The van der Waals surface area contributed by atoms with Crippen molar-refractivity contribution in [3.63, 3.8) is 0 Å². The summed E-state index contributed by atoms with van der Waals surface area (Å²) in [6, 6.07) is 10.0. The van der Waals surface area contributed by atoms with Crippen molar-refractivity contribution in [2.24, 2.45) is 0 Å². The van der Waals surface area contributed by atoms with Gasteiger partial charge in [0.2, 0.25) is 0 Å². The second-order valence-electron chi connectivity index (χ2n) is 4.64. The van der Waals surface area contributed by atoms with Gasteiger partial charge in [-0.25, -0.2) is 14.6 Å². The second-order valence-corrected chi connectivity index (χ2v) is 5.41. The Morgan fingerprint density at radius 2 is 2.10 bits per heavy atom. The third-order valence-corrected chi connectivity index (χ3v) is 3.67. The Kier molecular flexibility index (Phi) is 4.06. The van der Waals surface area contributed by atoms with Gasteiger partial charge in [0, 0.05) is 18.0 Å². The summed E-state index contributed by atoms with van der Waals surface area (Å²) in [7, 11) is 0. The first kappa shape index (κ1) is 13.9. The Balaban J connectivity index is 2.08. The number of nitrogens with zero attached hydrogens (tertiary/aromatic N) is 4. The highest BCUT2D eigenvalue weighted by Crippen LogP contribution is 2.20. The summed E-state index contributed by atoms with van der Waals surface area (Å²) < 4.78 is 1.86. The molecular formula is C15H17N5S. The van der Waals surface area contributed by atoms with Crippen LogP contribution in [-0.4, -0.2) is 32.5 Å². The van der Waals surface area contributed by atoms with E-state index in [1.807, 2.05) is 47.5 Å². The molecule has 0 radical (unpaired) electrons. The van der Waals surface area contributed by atoms with Crippen LogP contribution in [0.5, 0.6) is 0 Å². The number of benzene rings is 1. The van der Waals surface area contributed by atoms with E-state index in [0.717, 1.165) is 40.7 Å². The maximum atomic E-state index is 4.56. The predicted molar refractivity (Wildman–Crippen MR) is 87.2 cm³/mol. The average Bonchev–Trinajstić information content (AvgIpc) is 2.96. The molecule has 0 saturated heterocycles. The van der Waals surface area contributed by atoms with Gasteiger partial charge >= 0.3 is 0 Å². The van der Waals surface area contributed by atoms with Crippen LogP contribution in [0, 0.1) is 0 Å². The van der Waals surface area contributed by atoms with Gasteiger partial charge in [-0.2, -0.15) is 5.10 Å². The zero-order chi connectivity index (χ0) is 14.7. The first-order valence-corrected chi connectivity index (χ1v) is 8.14. The van der Waals surface area contributed by atoms with Gasteiger partial charge in [0.05, 0.1) is 11.7 Å². The van der Waals surface area contributed by atoms with E-state index in [2.05, 4.69) is 27.3 Å². The van der Waals surface area contributed by atoms with Gasteiger partial charge in [0.25, 0.3) is 0 Å². The minimum Gasteiger partial charge on any atom is -0.370 e. The summed E-state index contributed by atoms with van der Waals surface area (Å²) in [6.07, 6.45) is 4.89. The van der Waals surface area contributed by atoms with Crippen LogP contribution in [-0.2, 0) is 0 Å². The fourth-order valence-corrected chi connectivity index (χ4v) is 2.49. The number of nitrogens with one attached hydrogen (secondary N) is 1. The summed E-state index contributed by atoms with van der Waals surface area (Å²) in [6.45, 7) is 3.02. The van der Waals surface area contributed by atoms with Crippen LogP contribution in [0.15, 0.2) is 41.7 Å². The standard InChI is InChI=1S/C15H17N5S/c1-3-8-16-13-9-14(19-15(18-13)21-2)20-12-7-5-4-6-11(12)10-17-20/h4-7,9-10H,3,8H2,1-2H3,(H,16,18,19). The Morgan fingerprint density at radius 1 is 1.24 bits per heavy atom. The highest BCUT2D eigenvalue weighted by molar-refractivity contribution is 7.98. The molecular weight excluding hydrogens is 282 g/mol. The molecule has 0 aliphatic carbocycles. The largest absolute Gasteiger partial charge is 0.370 e. The molecule has 108 valence electrons. The molecule has 0 atom stereocenters. The summed E-state index contributed by atoms with van der Waals surface area (Å²) in [5.41, 5.74) is 1.05. The summed E-state index contributed by atoms with van der Waals surface area (Å²) in [4.78, 5) is 9.04. The lowest BCUT2D eigenvalue weighted by Gasteiger charge is -2.09. The van der Waals surface area contributed by atoms with Crippen molar-refractivity contribution in [2.45, 2.75) is 18.5 Å². The third kappa shape index (κ3) is 2.85. The van der Waals surface area contributed by atoms with Crippen molar-refractivity contribution in [2.75, 3.05) is 18.1 Å². The molecule has 0 saturated carbocycles. The van der Waals surface area contributed by atoms with E-state index in [0.29, 0.717) is 0 Å². The number of hydrogen-bond acceptors (Lipinski definition) is 5. The molecule has 0 spiro atoms. The molecule has 3 rings (SSSR count). The number of thioether (sulfide) groups is 1. The zero-order valence-corrected chi connectivity index (χ0v) is 12.9. The number of para-hydroxylation sites is 1. The minimum absolute atomic E-state index is 0.741. The van der Waals surface area contributed by atoms with Crippen molar-refractivity contribution in [1.82, 2.24) is 19.7 Å². The summed E-state index contributed by atoms with van der Waals surface area (Å²) >= 11 is 1.53. The SMILES string of the molecule is CCCNc1cc(-n2ncc3ccccc32)nc(SC)n1. The molecule has 1 aromatic carbocycles. The van der Waals surface area contributed by atoms with E-state index in [-0.39, 0.29) is 0 Å². The smallest absolute Gasteiger partial charge is 0.191 e. The van der Waals surface area contributed by atoms with Crippen LogP contribution in [0.1, 0.15) is 13.3 Å². The first-order chi connectivity index (χ1) is 10.3.